The molecule has 0 heterocycles. The van der Waals surface area contributed by atoms with Gasteiger partial charge in [0, 0.05) is 38.6 Å². The first kappa shape index (κ1) is 18.9. The van der Waals surface area contributed by atoms with E-state index in [2.05, 4.69) is 19.2 Å². The number of carbonyl (C=O) groups is 2. The smallest absolute Gasteiger partial charge is 0.225 e. The van der Waals surface area contributed by atoms with Crippen LogP contribution in [0.1, 0.15) is 52.4 Å². The minimum Gasteiger partial charge on any atom is -0.383 e. The predicted octanol–water partition coefficient (Wildman–Crippen LogP) is 2.20. The van der Waals surface area contributed by atoms with Gasteiger partial charge in [0.2, 0.25) is 11.8 Å². The van der Waals surface area contributed by atoms with Gasteiger partial charge in [-0.15, -0.1) is 0 Å². The highest BCUT2D eigenvalue weighted by atomic mass is 16.5. The highest BCUT2D eigenvalue weighted by Gasteiger charge is 2.31. The van der Waals surface area contributed by atoms with Crippen molar-refractivity contribution in [2.24, 2.45) is 11.8 Å². The van der Waals surface area contributed by atoms with E-state index in [0.717, 1.165) is 51.6 Å². The van der Waals surface area contributed by atoms with Crippen molar-refractivity contribution in [1.82, 2.24) is 10.2 Å². The number of amides is 2. The lowest BCUT2D eigenvalue weighted by Crippen LogP contribution is -2.41. The first-order chi connectivity index (χ1) is 10.6. The molecule has 128 valence electrons. The molecule has 0 spiro atoms. The third-order valence-electron chi connectivity index (χ3n) is 4.35. The van der Waals surface area contributed by atoms with Crippen LogP contribution in [-0.2, 0) is 14.3 Å². The van der Waals surface area contributed by atoms with E-state index in [1.807, 2.05) is 4.90 Å². The molecule has 22 heavy (non-hydrogen) atoms. The van der Waals surface area contributed by atoms with Crippen molar-refractivity contribution in [3.05, 3.63) is 0 Å². The standard InChI is InChI=1S/C17H32N2O3/c1-4-11-19(12-5-2)17(21)15-8-6-14(7-9-15)16(20)18-10-13-22-3/h14-15H,4-13H2,1-3H3,(H,18,20). The molecule has 0 bridgehead atoms. The first-order valence-corrected chi connectivity index (χ1v) is 8.69. The van der Waals surface area contributed by atoms with Crippen LogP contribution in [0.2, 0.25) is 0 Å². The second-order valence-electron chi connectivity index (χ2n) is 6.16. The molecule has 0 aliphatic heterocycles. The maximum atomic E-state index is 12.6. The second kappa shape index (κ2) is 10.6. The molecule has 0 aromatic heterocycles. The van der Waals surface area contributed by atoms with Gasteiger partial charge in [-0.05, 0) is 38.5 Å². The minimum absolute atomic E-state index is 0.0618. The summed E-state index contributed by atoms with van der Waals surface area (Å²) in [5.41, 5.74) is 0. The molecule has 1 fully saturated rings. The quantitative estimate of drug-likeness (QED) is 0.664. The van der Waals surface area contributed by atoms with Gasteiger partial charge in [0.15, 0.2) is 0 Å². The fourth-order valence-electron chi connectivity index (χ4n) is 3.15. The van der Waals surface area contributed by atoms with Crippen molar-refractivity contribution in [3.63, 3.8) is 0 Å². The summed E-state index contributed by atoms with van der Waals surface area (Å²) in [7, 11) is 1.63. The Morgan fingerprint density at radius 1 is 1.05 bits per heavy atom. The van der Waals surface area contributed by atoms with E-state index in [4.69, 9.17) is 4.74 Å². The number of nitrogens with one attached hydrogen (secondary N) is 1. The number of nitrogens with zero attached hydrogens (tertiary/aromatic N) is 1. The lowest BCUT2D eigenvalue weighted by Gasteiger charge is -2.31. The summed E-state index contributed by atoms with van der Waals surface area (Å²) in [6.45, 7) is 7.03. The number of hydrogen-bond donors (Lipinski definition) is 1. The molecule has 1 rings (SSSR count). The van der Waals surface area contributed by atoms with Gasteiger partial charge in [0.05, 0.1) is 6.61 Å². The number of methoxy groups -OCH3 is 1. The van der Waals surface area contributed by atoms with Crippen LogP contribution >= 0.6 is 0 Å². The van der Waals surface area contributed by atoms with Gasteiger partial charge in [-0.2, -0.15) is 0 Å². The van der Waals surface area contributed by atoms with Gasteiger partial charge in [-0.1, -0.05) is 13.8 Å². The molecule has 5 nitrogen and oxygen atoms in total. The highest BCUT2D eigenvalue weighted by molar-refractivity contribution is 5.81. The van der Waals surface area contributed by atoms with Crippen LogP contribution < -0.4 is 5.32 Å². The van der Waals surface area contributed by atoms with E-state index in [9.17, 15) is 9.59 Å². The largest absolute Gasteiger partial charge is 0.383 e. The van der Waals surface area contributed by atoms with Gasteiger partial charge in [-0.3, -0.25) is 9.59 Å². The molecule has 0 radical (unpaired) electrons. The summed E-state index contributed by atoms with van der Waals surface area (Å²) in [5.74, 6) is 0.580. The number of ether oxygens (including phenoxy) is 1. The van der Waals surface area contributed by atoms with E-state index >= 15 is 0 Å². The summed E-state index contributed by atoms with van der Waals surface area (Å²) in [5, 5.41) is 2.90. The van der Waals surface area contributed by atoms with Crippen molar-refractivity contribution in [2.45, 2.75) is 52.4 Å². The van der Waals surface area contributed by atoms with Crippen LogP contribution in [0.25, 0.3) is 0 Å². The summed E-state index contributed by atoms with van der Waals surface area (Å²) >= 11 is 0. The number of hydrogen-bond acceptors (Lipinski definition) is 3. The zero-order valence-electron chi connectivity index (χ0n) is 14.4. The maximum absolute atomic E-state index is 12.6. The molecule has 5 heteroatoms. The first-order valence-electron chi connectivity index (χ1n) is 8.69. The van der Waals surface area contributed by atoms with Gasteiger partial charge in [-0.25, -0.2) is 0 Å². The molecule has 1 aliphatic rings. The maximum Gasteiger partial charge on any atom is 0.225 e. The molecule has 0 unspecified atom stereocenters. The highest BCUT2D eigenvalue weighted by Crippen LogP contribution is 2.30. The summed E-state index contributed by atoms with van der Waals surface area (Å²) < 4.78 is 4.94. The Balaban J connectivity index is 2.40. The van der Waals surface area contributed by atoms with Crippen LogP contribution in [0.5, 0.6) is 0 Å². The zero-order chi connectivity index (χ0) is 16.4. The molecular formula is C17H32N2O3. The third-order valence-corrected chi connectivity index (χ3v) is 4.35. The lowest BCUT2D eigenvalue weighted by molar-refractivity contribution is -0.138. The van der Waals surface area contributed by atoms with Crippen molar-refractivity contribution in [3.8, 4) is 0 Å². The second-order valence-corrected chi connectivity index (χ2v) is 6.16. The molecule has 1 aliphatic carbocycles. The molecule has 0 aromatic rings. The topological polar surface area (TPSA) is 58.6 Å². The summed E-state index contributed by atoms with van der Waals surface area (Å²) in [4.78, 5) is 26.6. The number of carbonyl (C=O) groups excluding carboxylic acids is 2. The lowest BCUT2D eigenvalue weighted by atomic mass is 9.81. The van der Waals surface area contributed by atoms with E-state index in [-0.39, 0.29) is 17.7 Å². The van der Waals surface area contributed by atoms with Crippen molar-refractivity contribution >= 4 is 11.8 Å². The van der Waals surface area contributed by atoms with E-state index in [1.165, 1.54) is 0 Å². The Morgan fingerprint density at radius 2 is 1.59 bits per heavy atom. The van der Waals surface area contributed by atoms with Crippen LogP contribution in [0.15, 0.2) is 0 Å². The molecule has 2 amide bonds. The van der Waals surface area contributed by atoms with Gasteiger partial charge >= 0.3 is 0 Å². The summed E-state index contributed by atoms with van der Waals surface area (Å²) in [6.07, 6.45) is 5.32. The van der Waals surface area contributed by atoms with Crippen molar-refractivity contribution in [1.29, 1.82) is 0 Å². The zero-order valence-corrected chi connectivity index (χ0v) is 14.4. The average molecular weight is 312 g/mol. The normalized spacial score (nSPS) is 21.4. The average Bonchev–Trinajstić information content (AvgIpc) is 2.54. The molecule has 0 atom stereocenters. The molecule has 1 saturated carbocycles. The van der Waals surface area contributed by atoms with Crippen molar-refractivity contribution < 1.29 is 14.3 Å². The fourth-order valence-corrected chi connectivity index (χ4v) is 3.15. The van der Waals surface area contributed by atoms with Gasteiger partial charge < -0.3 is 15.0 Å². The minimum atomic E-state index is 0.0618. The Labute approximate surface area is 134 Å². The van der Waals surface area contributed by atoms with Gasteiger partial charge in [0.25, 0.3) is 0 Å². The molecule has 0 saturated heterocycles. The Bertz CT molecular complexity index is 333. The van der Waals surface area contributed by atoms with Crippen LogP contribution in [-0.4, -0.2) is 50.1 Å². The fraction of sp³-hybridized carbons (Fsp3) is 0.882. The van der Waals surface area contributed by atoms with Gasteiger partial charge in [0.1, 0.15) is 0 Å². The monoisotopic (exact) mass is 312 g/mol. The Morgan fingerprint density at radius 3 is 2.09 bits per heavy atom. The predicted molar refractivity (Wildman–Crippen MR) is 87.5 cm³/mol. The molecule has 1 N–H and O–H groups in total. The van der Waals surface area contributed by atoms with Crippen LogP contribution in [0.4, 0.5) is 0 Å². The van der Waals surface area contributed by atoms with Crippen molar-refractivity contribution in [2.75, 3.05) is 33.4 Å². The van der Waals surface area contributed by atoms with E-state index < -0.39 is 0 Å². The summed E-state index contributed by atoms with van der Waals surface area (Å²) in [6, 6.07) is 0. The Kier molecular flexibility index (Phi) is 9.13. The SMILES string of the molecule is CCCN(CCC)C(=O)C1CCC(C(=O)NCCOC)CC1. The number of rotatable bonds is 9. The molecular weight excluding hydrogens is 280 g/mol. The third kappa shape index (κ3) is 5.95. The van der Waals surface area contributed by atoms with Crippen LogP contribution in [0, 0.1) is 11.8 Å². The van der Waals surface area contributed by atoms with E-state index in [1.54, 1.807) is 7.11 Å². The molecule has 0 aromatic carbocycles. The van der Waals surface area contributed by atoms with E-state index in [0.29, 0.717) is 19.1 Å². The Hall–Kier alpha value is -1.10. The van der Waals surface area contributed by atoms with Crippen LogP contribution in [0.3, 0.4) is 0 Å².